The number of guanidine groups is 1. The van der Waals surface area contributed by atoms with E-state index in [-0.39, 0.29) is 29.5 Å². The van der Waals surface area contributed by atoms with Gasteiger partial charge in [-0.05, 0) is 83.4 Å². The minimum atomic E-state index is 0. The third kappa shape index (κ3) is 5.78. The number of aliphatic imine (C=N–C) groups is 1. The lowest BCUT2D eigenvalue weighted by Gasteiger charge is -2.50. The highest BCUT2D eigenvalue weighted by Gasteiger charge is 2.39. The topological polar surface area (TPSA) is 58.7 Å². The van der Waals surface area contributed by atoms with Crippen LogP contribution in [0.5, 0.6) is 0 Å². The van der Waals surface area contributed by atoms with Gasteiger partial charge in [0.1, 0.15) is 0 Å². The zero-order valence-corrected chi connectivity index (χ0v) is 22.4. The molecular formula is C25H41IN6. The van der Waals surface area contributed by atoms with Crippen molar-refractivity contribution in [1.82, 2.24) is 25.4 Å². The molecule has 2 saturated heterocycles. The quantitative estimate of drug-likeness (QED) is 0.290. The maximum atomic E-state index is 4.52. The third-order valence-corrected chi connectivity index (χ3v) is 7.45. The second kappa shape index (κ2) is 11.7. The van der Waals surface area contributed by atoms with Crippen LogP contribution in [-0.4, -0.2) is 79.6 Å². The van der Waals surface area contributed by atoms with Gasteiger partial charge >= 0.3 is 0 Å². The number of aryl methyl sites for hydroxylation is 1. The van der Waals surface area contributed by atoms with E-state index in [0.717, 1.165) is 25.5 Å². The SMILES string of the molecule is CN=C(NCCc1c[nH]c2c(C)cccc12)NCC1(N2CCCCC2)CCN(C)CC1.I. The summed E-state index contributed by atoms with van der Waals surface area (Å²) in [6.07, 6.45) is 9.68. The highest BCUT2D eigenvalue weighted by Crippen LogP contribution is 2.30. The van der Waals surface area contributed by atoms with E-state index in [1.807, 2.05) is 7.05 Å². The number of piperidine rings is 2. The number of rotatable bonds is 6. The standard InChI is InChI=1S/C25H40N6.HI/c1-20-8-7-9-22-21(18-28-23(20)22)10-13-27-24(26-2)29-19-25(11-16-30(3)17-12-25)31-14-5-4-6-15-31;/h7-9,18,28H,4-6,10-17,19H2,1-3H3,(H2,26,27,29);1H. The number of para-hydroxylation sites is 1. The van der Waals surface area contributed by atoms with Gasteiger partial charge in [0.15, 0.2) is 5.96 Å². The van der Waals surface area contributed by atoms with Crippen LogP contribution < -0.4 is 10.6 Å². The molecule has 0 atom stereocenters. The molecule has 0 aliphatic carbocycles. The van der Waals surface area contributed by atoms with Crippen molar-refractivity contribution in [3.05, 3.63) is 35.5 Å². The molecule has 2 aromatic rings. The first kappa shape index (κ1) is 25.3. The Bertz CT molecular complexity index is 878. The number of nitrogens with one attached hydrogen (secondary N) is 3. The largest absolute Gasteiger partial charge is 0.361 e. The third-order valence-electron chi connectivity index (χ3n) is 7.45. The van der Waals surface area contributed by atoms with Crippen molar-refractivity contribution >= 4 is 40.8 Å². The van der Waals surface area contributed by atoms with Gasteiger partial charge in [-0.1, -0.05) is 24.6 Å². The fraction of sp³-hybridized carbons (Fsp3) is 0.640. The summed E-state index contributed by atoms with van der Waals surface area (Å²) >= 11 is 0. The lowest BCUT2D eigenvalue weighted by Crippen LogP contribution is -2.62. The van der Waals surface area contributed by atoms with Gasteiger partial charge < -0.3 is 20.5 Å². The lowest BCUT2D eigenvalue weighted by molar-refractivity contribution is 0.0173. The lowest BCUT2D eigenvalue weighted by atomic mass is 9.84. The molecular weight excluding hydrogens is 511 g/mol. The highest BCUT2D eigenvalue weighted by atomic mass is 127. The number of nitrogens with zero attached hydrogens (tertiary/aromatic N) is 3. The minimum absolute atomic E-state index is 0. The summed E-state index contributed by atoms with van der Waals surface area (Å²) in [6.45, 7) is 8.88. The Balaban J connectivity index is 0.00000289. The van der Waals surface area contributed by atoms with Crippen molar-refractivity contribution < 1.29 is 0 Å². The van der Waals surface area contributed by atoms with Crippen molar-refractivity contribution in [2.75, 3.05) is 53.4 Å². The Morgan fingerprint density at radius 1 is 1.09 bits per heavy atom. The highest BCUT2D eigenvalue weighted by molar-refractivity contribution is 14.0. The first-order valence-corrected chi connectivity index (χ1v) is 12.0. The van der Waals surface area contributed by atoms with Gasteiger partial charge in [-0.15, -0.1) is 24.0 Å². The van der Waals surface area contributed by atoms with E-state index < -0.39 is 0 Å². The summed E-state index contributed by atoms with van der Waals surface area (Å²) in [7, 11) is 4.13. The summed E-state index contributed by atoms with van der Waals surface area (Å²) in [5.41, 5.74) is 4.18. The normalized spacial score (nSPS) is 20.2. The molecule has 1 aromatic carbocycles. The molecule has 4 rings (SSSR count). The van der Waals surface area contributed by atoms with E-state index in [0.29, 0.717) is 0 Å². The molecule has 0 radical (unpaired) electrons. The van der Waals surface area contributed by atoms with Crippen LogP contribution in [0.25, 0.3) is 10.9 Å². The van der Waals surface area contributed by atoms with Crippen LogP contribution in [0.1, 0.15) is 43.2 Å². The molecule has 32 heavy (non-hydrogen) atoms. The number of H-pyrrole nitrogens is 1. The Morgan fingerprint density at radius 2 is 1.84 bits per heavy atom. The Labute approximate surface area is 210 Å². The van der Waals surface area contributed by atoms with E-state index in [9.17, 15) is 0 Å². The molecule has 3 heterocycles. The molecule has 178 valence electrons. The summed E-state index contributed by atoms with van der Waals surface area (Å²) < 4.78 is 0. The predicted molar refractivity (Wildman–Crippen MR) is 146 cm³/mol. The summed E-state index contributed by atoms with van der Waals surface area (Å²) in [5.74, 6) is 0.923. The molecule has 7 heteroatoms. The van der Waals surface area contributed by atoms with Crippen LogP contribution >= 0.6 is 24.0 Å². The molecule has 3 N–H and O–H groups in total. The fourth-order valence-electron chi connectivity index (χ4n) is 5.36. The zero-order chi connectivity index (χ0) is 21.7. The van der Waals surface area contributed by atoms with E-state index in [1.54, 1.807) is 0 Å². The average Bonchev–Trinajstić information content (AvgIpc) is 3.22. The molecule has 0 spiro atoms. The number of aromatic nitrogens is 1. The number of benzene rings is 1. The van der Waals surface area contributed by atoms with Gasteiger partial charge in [-0.25, -0.2) is 0 Å². The van der Waals surface area contributed by atoms with Gasteiger partial charge in [0, 0.05) is 42.8 Å². The molecule has 6 nitrogen and oxygen atoms in total. The smallest absolute Gasteiger partial charge is 0.191 e. The van der Waals surface area contributed by atoms with Crippen LogP contribution in [-0.2, 0) is 6.42 Å². The number of hydrogen-bond acceptors (Lipinski definition) is 3. The van der Waals surface area contributed by atoms with Gasteiger partial charge in [-0.3, -0.25) is 9.89 Å². The Hall–Kier alpha value is -1.32. The van der Waals surface area contributed by atoms with Gasteiger partial charge in [0.05, 0.1) is 0 Å². The van der Waals surface area contributed by atoms with Crippen LogP contribution in [0, 0.1) is 6.92 Å². The van der Waals surface area contributed by atoms with Gasteiger partial charge in [0.25, 0.3) is 0 Å². The molecule has 0 amide bonds. The maximum absolute atomic E-state index is 4.52. The van der Waals surface area contributed by atoms with Crippen molar-refractivity contribution in [3.63, 3.8) is 0 Å². The average molecular weight is 553 g/mol. The van der Waals surface area contributed by atoms with Crippen molar-refractivity contribution in [3.8, 4) is 0 Å². The number of likely N-dealkylation sites (tertiary alicyclic amines) is 2. The van der Waals surface area contributed by atoms with E-state index in [1.165, 1.54) is 80.3 Å². The number of aromatic amines is 1. The summed E-state index contributed by atoms with van der Waals surface area (Å²) in [5, 5.41) is 8.57. The number of hydrogen-bond donors (Lipinski definition) is 3. The van der Waals surface area contributed by atoms with Crippen molar-refractivity contribution in [2.24, 2.45) is 4.99 Å². The van der Waals surface area contributed by atoms with Crippen LogP contribution in [0.3, 0.4) is 0 Å². The Morgan fingerprint density at radius 3 is 2.56 bits per heavy atom. The molecule has 2 aliphatic rings. The van der Waals surface area contributed by atoms with Gasteiger partial charge in [0.2, 0.25) is 0 Å². The summed E-state index contributed by atoms with van der Waals surface area (Å²) in [6, 6.07) is 6.52. The van der Waals surface area contributed by atoms with Crippen LogP contribution in [0.4, 0.5) is 0 Å². The Kier molecular flexibility index (Phi) is 9.25. The molecule has 0 unspecified atom stereocenters. The van der Waals surface area contributed by atoms with E-state index >= 15 is 0 Å². The first-order valence-electron chi connectivity index (χ1n) is 12.0. The first-order chi connectivity index (χ1) is 15.1. The maximum Gasteiger partial charge on any atom is 0.191 e. The summed E-state index contributed by atoms with van der Waals surface area (Å²) in [4.78, 5) is 13.2. The van der Waals surface area contributed by atoms with Crippen molar-refractivity contribution in [1.29, 1.82) is 0 Å². The van der Waals surface area contributed by atoms with Crippen molar-refractivity contribution in [2.45, 2.75) is 51.0 Å². The molecule has 0 bridgehead atoms. The molecule has 2 aliphatic heterocycles. The van der Waals surface area contributed by atoms with E-state index in [2.05, 4.69) is 68.8 Å². The molecule has 1 aromatic heterocycles. The van der Waals surface area contributed by atoms with E-state index in [4.69, 9.17) is 0 Å². The fourth-order valence-corrected chi connectivity index (χ4v) is 5.36. The molecule has 0 saturated carbocycles. The number of halogens is 1. The monoisotopic (exact) mass is 552 g/mol. The predicted octanol–water partition coefficient (Wildman–Crippen LogP) is 3.75. The zero-order valence-electron chi connectivity index (χ0n) is 20.0. The number of fused-ring (bicyclic) bond motifs is 1. The van der Waals surface area contributed by atoms with Crippen LogP contribution in [0.15, 0.2) is 29.4 Å². The molecule has 2 fully saturated rings. The van der Waals surface area contributed by atoms with Crippen LogP contribution in [0.2, 0.25) is 0 Å². The minimum Gasteiger partial charge on any atom is -0.361 e. The second-order valence-electron chi connectivity index (χ2n) is 9.49. The second-order valence-corrected chi connectivity index (χ2v) is 9.49. The van der Waals surface area contributed by atoms with Gasteiger partial charge in [-0.2, -0.15) is 0 Å².